The molecule has 0 amide bonds. The van der Waals surface area contributed by atoms with Crippen LogP contribution in [0.1, 0.15) is 10.4 Å². The molecule has 2 aromatic carbocycles. The molecular weight excluding hydrogens is 424 g/mol. The molecule has 2 aromatic heterocycles. The normalized spacial score (nSPS) is 14.4. The Labute approximate surface area is 182 Å². The van der Waals surface area contributed by atoms with Gasteiger partial charge in [0.2, 0.25) is 5.82 Å². The van der Waals surface area contributed by atoms with Gasteiger partial charge in [-0.25, -0.2) is 0 Å². The first-order valence-corrected chi connectivity index (χ1v) is 10.1. The van der Waals surface area contributed by atoms with E-state index in [1.54, 1.807) is 0 Å². The molecule has 1 saturated heterocycles. The molecule has 0 bridgehead atoms. The van der Waals surface area contributed by atoms with E-state index in [9.17, 15) is 4.79 Å². The van der Waals surface area contributed by atoms with Gasteiger partial charge in [0.25, 0.3) is 5.89 Å². The number of likely N-dealkylation sites (tertiary alicyclic amines) is 1. The van der Waals surface area contributed by atoms with Crippen molar-refractivity contribution in [2.45, 2.75) is 13.5 Å². The highest BCUT2D eigenvalue weighted by atomic mass is 35.5. The third-order valence-corrected chi connectivity index (χ3v) is 5.92. The zero-order chi connectivity index (χ0) is 20.0. The van der Waals surface area contributed by atoms with Crippen LogP contribution < -0.4 is 0 Å². The SMILES string of the molecule is Cc1cc(-c2nc(-c3ccc(CN4CC(C(=O)O)C4)c4ccccc34)no2)ns1.Cl. The first-order chi connectivity index (χ1) is 14.1. The second kappa shape index (κ2) is 8.14. The van der Waals surface area contributed by atoms with Gasteiger partial charge in [0, 0.05) is 30.1 Å². The van der Waals surface area contributed by atoms with Gasteiger partial charge in [0.1, 0.15) is 5.69 Å². The van der Waals surface area contributed by atoms with Crippen molar-refractivity contribution in [3.05, 3.63) is 52.9 Å². The van der Waals surface area contributed by atoms with Crippen molar-refractivity contribution in [2.75, 3.05) is 13.1 Å². The van der Waals surface area contributed by atoms with Crippen molar-refractivity contribution < 1.29 is 14.4 Å². The fraction of sp³-hybridized carbons (Fsp3) is 0.238. The highest BCUT2D eigenvalue weighted by Crippen LogP contribution is 2.32. The van der Waals surface area contributed by atoms with Crippen LogP contribution in [0.2, 0.25) is 0 Å². The lowest BCUT2D eigenvalue weighted by Crippen LogP contribution is -2.49. The summed E-state index contributed by atoms with van der Waals surface area (Å²) < 4.78 is 9.78. The van der Waals surface area contributed by atoms with Crippen LogP contribution in [-0.2, 0) is 11.3 Å². The number of carboxylic acids is 1. The number of aromatic nitrogens is 3. The van der Waals surface area contributed by atoms with Crippen molar-refractivity contribution in [2.24, 2.45) is 5.92 Å². The van der Waals surface area contributed by atoms with Gasteiger partial charge in [-0.3, -0.25) is 9.69 Å². The molecule has 1 aliphatic heterocycles. The Kier molecular flexibility index (Phi) is 5.55. The Hall–Kier alpha value is -2.81. The maximum Gasteiger partial charge on any atom is 0.309 e. The summed E-state index contributed by atoms with van der Waals surface area (Å²) in [6.07, 6.45) is 0. The molecule has 0 atom stereocenters. The van der Waals surface area contributed by atoms with E-state index in [-0.39, 0.29) is 18.3 Å². The molecule has 5 rings (SSSR count). The van der Waals surface area contributed by atoms with Gasteiger partial charge < -0.3 is 9.63 Å². The zero-order valence-electron chi connectivity index (χ0n) is 16.1. The van der Waals surface area contributed by atoms with Crippen LogP contribution in [0, 0.1) is 12.8 Å². The van der Waals surface area contributed by atoms with E-state index < -0.39 is 5.97 Å². The van der Waals surface area contributed by atoms with Crippen LogP contribution in [0.4, 0.5) is 0 Å². The number of hydrogen-bond acceptors (Lipinski definition) is 7. The minimum atomic E-state index is -0.718. The van der Waals surface area contributed by atoms with Gasteiger partial charge in [-0.2, -0.15) is 9.36 Å². The number of aryl methyl sites for hydroxylation is 1. The lowest BCUT2D eigenvalue weighted by atomic mass is 9.95. The van der Waals surface area contributed by atoms with Crippen molar-refractivity contribution >= 4 is 40.7 Å². The number of carboxylic acid groups (broad SMARTS) is 1. The van der Waals surface area contributed by atoms with E-state index in [1.807, 2.05) is 37.3 Å². The Morgan fingerprint density at radius 2 is 2.00 bits per heavy atom. The molecule has 3 heterocycles. The van der Waals surface area contributed by atoms with Gasteiger partial charge in [-0.05, 0) is 40.9 Å². The Balaban J connectivity index is 0.00000218. The van der Waals surface area contributed by atoms with Crippen LogP contribution in [0.15, 0.2) is 47.0 Å². The van der Waals surface area contributed by atoms with Crippen LogP contribution in [0.25, 0.3) is 33.7 Å². The van der Waals surface area contributed by atoms with Gasteiger partial charge >= 0.3 is 5.97 Å². The summed E-state index contributed by atoms with van der Waals surface area (Å²) in [4.78, 5) is 18.8. The molecule has 30 heavy (non-hydrogen) atoms. The highest BCUT2D eigenvalue weighted by Gasteiger charge is 2.32. The first-order valence-electron chi connectivity index (χ1n) is 9.32. The maximum absolute atomic E-state index is 11.0. The number of fused-ring (bicyclic) bond motifs is 1. The van der Waals surface area contributed by atoms with Crippen molar-refractivity contribution in [3.63, 3.8) is 0 Å². The van der Waals surface area contributed by atoms with Crippen molar-refractivity contribution in [1.82, 2.24) is 19.4 Å². The molecule has 0 saturated carbocycles. The van der Waals surface area contributed by atoms with Crippen LogP contribution in [0.5, 0.6) is 0 Å². The third kappa shape index (κ3) is 3.69. The van der Waals surface area contributed by atoms with E-state index >= 15 is 0 Å². The number of aliphatic carboxylic acids is 1. The Bertz CT molecular complexity index is 1220. The van der Waals surface area contributed by atoms with Gasteiger partial charge in [0.15, 0.2) is 0 Å². The minimum Gasteiger partial charge on any atom is -0.481 e. The maximum atomic E-state index is 11.0. The number of hydrogen-bond donors (Lipinski definition) is 1. The second-order valence-electron chi connectivity index (χ2n) is 7.29. The molecule has 0 aliphatic carbocycles. The fourth-order valence-corrected chi connectivity index (χ4v) is 4.23. The summed E-state index contributed by atoms with van der Waals surface area (Å²) in [7, 11) is 0. The number of carbonyl (C=O) groups is 1. The molecule has 0 unspecified atom stereocenters. The van der Waals surface area contributed by atoms with E-state index in [0.717, 1.165) is 33.3 Å². The summed E-state index contributed by atoms with van der Waals surface area (Å²) in [5.74, 6) is -0.0293. The summed E-state index contributed by atoms with van der Waals surface area (Å²) in [6.45, 7) is 3.89. The lowest BCUT2D eigenvalue weighted by molar-refractivity contribution is -0.147. The lowest BCUT2D eigenvalue weighted by Gasteiger charge is -2.36. The van der Waals surface area contributed by atoms with Gasteiger partial charge in [-0.15, -0.1) is 12.4 Å². The number of nitrogens with zero attached hydrogens (tertiary/aromatic N) is 4. The average molecular weight is 443 g/mol. The molecule has 1 aliphatic rings. The summed E-state index contributed by atoms with van der Waals surface area (Å²) in [6, 6.07) is 14.1. The van der Waals surface area contributed by atoms with Gasteiger partial charge in [0.05, 0.1) is 5.92 Å². The predicted molar refractivity (Wildman–Crippen MR) is 117 cm³/mol. The molecule has 0 spiro atoms. The zero-order valence-corrected chi connectivity index (χ0v) is 17.7. The molecule has 4 aromatic rings. The molecule has 1 fully saturated rings. The molecular formula is C21H19ClN4O3S. The molecule has 9 heteroatoms. The molecule has 7 nitrogen and oxygen atoms in total. The highest BCUT2D eigenvalue weighted by molar-refractivity contribution is 7.05. The number of benzene rings is 2. The smallest absolute Gasteiger partial charge is 0.309 e. The fourth-order valence-electron chi connectivity index (χ4n) is 3.69. The summed E-state index contributed by atoms with van der Waals surface area (Å²) >= 11 is 1.40. The standard InChI is InChI=1S/C21H18N4O3S.ClH/c1-12-8-18(24-29-12)20-22-19(23-28-20)17-7-6-13(15-4-2-3-5-16(15)17)9-25-10-14(11-25)21(26)27;/h2-8,14H,9-11H2,1H3,(H,26,27);1H. The summed E-state index contributed by atoms with van der Waals surface area (Å²) in [5, 5.41) is 15.4. The average Bonchev–Trinajstić information content (AvgIpc) is 3.33. The topological polar surface area (TPSA) is 92.4 Å². The predicted octanol–water partition coefficient (Wildman–Crippen LogP) is 4.26. The third-order valence-electron chi connectivity index (χ3n) is 5.23. The van der Waals surface area contributed by atoms with E-state index in [2.05, 4.69) is 31.5 Å². The molecule has 1 N–H and O–H groups in total. The van der Waals surface area contributed by atoms with Crippen LogP contribution in [0.3, 0.4) is 0 Å². The van der Waals surface area contributed by atoms with Crippen LogP contribution in [-0.4, -0.2) is 43.6 Å². The van der Waals surface area contributed by atoms with Crippen LogP contribution >= 0.6 is 23.9 Å². The van der Waals surface area contributed by atoms with Crippen molar-refractivity contribution in [3.8, 4) is 23.0 Å². The van der Waals surface area contributed by atoms with E-state index in [0.29, 0.717) is 30.5 Å². The Morgan fingerprint density at radius 1 is 1.23 bits per heavy atom. The first kappa shape index (κ1) is 20.5. The monoisotopic (exact) mass is 442 g/mol. The minimum absolute atomic E-state index is 0. The Morgan fingerprint density at radius 3 is 2.70 bits per heavy atom. The summed E-state index contributed by atoms with van der Waals surface area (Å²) in [5.41, 5.74) is 2.75. The van der Waals surface area contributed by atoms with Gasteiger partial charge in [-0.1, -0.05) is 41.6 Å². The molecule has 154 valence electrons. The molecule has 0 radical (unpaired) electrons. The number of rotatable bonds is 5. The number of halogens is 1. The van der Waals surface area contributed by atoms with Crippen molar-refractivity contribution in [1.29, 1.82) is 0 Å². The second-order valence-corrected chi connectivity index (χ2v) is 8.30. The largest absolute Gasteiger partial charge is 0.481 e. The van der Waals surface area contributed by atoms with E-state index in [1.165, 1.54) is 11.5 Å². The van der Waals surface area contributed by atoms with E-state index in [4.69, 9.17) is 9.63 Å². The quantitative estimate of drug-likeness (QED) is 0.493.